The Morgan fingerprint density at radius 1 is 0.812 bits per heavy atom. The second-order valence-corrected chi connectivity index (χ2v) is 6.93. The molecule has 0 heterocycles. The number of nitrogens with one attached hydrogen (secondary N) is 1. The van der Waals surface area contributed by atoms with E-state index in [1.165, 1.54) is 38.5 Å². The molecule has 0 aromatic carbocycles. The number of unbranched alkanes of at least 4 members (excludes halogenated alkanes) is 4. The highest BCUT2D eigenvalue weighted by molar-refractivity contribution is 4.78. The highest BCUT2D eigenvalue weighted by atomic mass is 14.9. The van der Waals surface area contributed by atoms with E-state index in [1.54, 1.807) is 0 Å². The van der Waals surface area contributed by atoms with Crippen molar-refractivity contribution in [1.82, 2.24) is 5.32 Å². The minimum absolute atomic E-state index is 0.249. The zero-order chi connectivity index (χ0) is 12.7. The summed E-state index contributed by atoms with van der Waals surface area (Å²) in [5, 5.41) is 3.61. The lowest BCUT2D eigenvalue weighted by molar-refractivity contribution is 0.265. The predicted molar refractivity (Wildman–Crippen MR) is 74.9 cm³/mol. The van der Waals surface area contributed by atoms with Crippen LogP contribution in [0.3, 0.4) is 0 Å². The van der Waals surface area contributed by atoms with E-state index in [1.807, 2.05) is 0 Å². The van der Waals surface area contributed by atoms with Gasteiger partial charge in [-0.15, -0.1) is 0 Å². The monoisotopic (exact) mass is 227 g/mol. The Balaban J connectivity index is 3.62. The lowest BCUT2D eigenvalue weighted by Gasteiger charge is -2.30. The van der Waals surface area contributed by atoms with Gasteiger partial charge in [-0.3, -0.25) is 0 Å². The second-order valence-electron chi connectivity index (χ2n) is 6.93. The molecule has 0 saturated heterocycles. The molecule has 0 amide bonds. The zero-order valence-electron chi connectivity index (χ0n) is 12.4. The molecule has 0 atom stereocenters. The van der Waals surface area contributed by atoms with Gasteiger partial charge in [-0.2, -0.15) is 0 Å². The molecule has 98 valence electrons. The lowest BCUT2D eigenvalue weighted by atomic mass is 9.86. The summed E-state index contributed by atoms with van der Waals surface area (Å²) in [5.74, 6) is 0. The molecule has 0 aliphatic carbocycles. The maximum Gasteiger partial charge on any atom is 0.00967 e. The van der Waals surface area contributed by atoms with Crippen LogP contribution in [0.15, 0.2) is 0 Å². The smallest absolute Gasteiger partial charge is 0.00967 e. The maximum atomic E-state index is 3.61. The van der Waals surface area contributed by atoms with Crippen LogP contribution in [0.25, 0.3) is 0 Å². The average Bonchev–Trinajstić information content (AvgIpc) is 2.14. The van der Waals surface area contributed by atoms with Crippen LogP contribution in [-0.4, -0.2) is 12.1 Å². The Kier molecular flexibility index (Phi) is 7.30. The summed E-state index contributed by atoms with van der Waals surface area (Å²) in [7, 11) is 0. The molecular weight excluding hydrogens is 194 g/mol. The van der Waals surface area contributed by atoms with E-state index < -0.39 is 0 Å². The molecule has 1 nitrogen and oxygen atoms in total. The van der Waals surface area contributed by atoms with Crippen molar-refractivity contribution in [2.45, 2.75) is 85.6 Å². The van der Waals surface area contributed by atoms with E-state index in [-0.39, 0.29) is 5.54 Å². The Bertz CT molecular complexity index is 165. The quantitative estimate of drug-likeness (QED) is 0.589. The van der Waals surface area contributed by atoms with E-state index in [2.05, 4.69) is 46.9 Å². The molecule has 0 rings (SSSR count). The van der Waals surface area contributed by atoms with Gasteiger partial charge >= 0.3 is 0 Å². The van der Waals surface area contributed by atoms with Gasteiger partial charge in [-0.05, 0) is 32.6 Å². The molecular formula is C15H33N. The fourth-order valence-electron chi connectivity index (χ4n) is 1.80. The van der Waals surface area contributed by atoms with Crippen LogP contribution in [0.5, 0.6) is 0 Å². The van der Waals surface area contributed by atoms with Crippen molar-refractivity contribution in [3.05, 3.63) is 0 Å². The van der Waals surface area contributed by atoms with E-state index in [0.717, 1.165) is 6.54 Å². The number of rotatable bonds is 8. The first-order valence-electron chi connectivity index (χ1n) is 7.02. The molecule has 0 saturated carbocycles. The fourth-order valence-corrected chi connectivity index (χ4v) is 1.80. The molecule has 1 N–H and O–H groups in total. The van der Waals surface area contributed by atoms with Crippen molar-refractivity contribution in [3.63, 3.8) is 0 Å². The second kappa shape index (κ2) is 7.32. The van der Waals surface area contributed by atoms with Gasteiger partial charge < -0.3 is 5.32 Å². The van der Waals surface area contributed by atoms with Gasteiger partial charge in [-0.25, -0.2) is 0 Å². The Labute approximate surface area is 103 Å². The summed E-state index contributed by atoms with van der Waals surface area (Å²) in [6.45, 7) is 14.9. The van der Waals surface area contributed by atoms with Gasteiger partial charge in [0.1, 0.15) is 0 Å². The topological polar surface area (TPSA) is 12.0 Å². The first-order valence-corrected chi connectivity index (χ1v) is 7.02. The third-order valence-corrected chi connectivity index (χ3v) is 3.05. The summed E-state index contributed by atoms with van der Waals surface area (Å²) >= 11 is 0. The highest BCUT2D eigenvalue weighted by Gasteiger charge is 2.20. The van der Waals surface area contributed by atoms with Gasteiger partial charge in [0.05, 0.1) is 0 Å². The summed E-state index contributed by atoms with van der Waals surface area (Å²) in [6.07, 6.45) is 8.31. The van der Waals surface area contributed by atoms with Gasteiger partial charge in [-0.1, -0.05) is 52.9 Å². The first-order chi connectivity index (χ1) is 7.27. The number of hydrogen-bond acceptors (Lipinski definition) is 1. The molecule has 0 aliphatic heterocycles. The first kappa shape index (κ1) is 16.0. The Morgan fingerprint density at radius 3 is 1.88 bits per heavy atom. The van der Waals surface area contributed by atoms with E-state index >= 15 is 0 Å². The molecule has 1 heteroatoms. The molecule has 0 aliphatic rings. The van der Waals surface area contributed by atoms with Crippen LogP contribution in [-0.2, 0) is 0 Å². The average molecular weight is 227 g/mol. The largest absolute Gasteiger partial charge is 0.312 e. The van der Waals surface area contributed by atoms with Gasteiger partial charge in [0.2, 0.25) is 0 Å². The van der Waals surface area contributed by atoms with Crippen LogP contribution in [0.4, 0.5) is 0 Å². The minimum atomic E-state index is 0.249. The number of hydrogen-bond donors (Lipinski definition) is 1. The van der Waals surface area contributed by atoms with Crippen molar-refractivity contribution in [2.24, 2.45) is 5.41 Å². The van der Waals surface area contributed by atoms with Crippen molar-refractivity contribution >= 4 is 0 Å². The summed E-state index contributed by atoms with van der Waals surface area (Å²) in [5.41, 5.74) is 0.693. The summed E-state index contributed by atoms with van der Waals surface area (Å²) < 4.78 is 0. The van der Waals surface area contributed by atoms with Crippen LogP contribution in [0, 0.1) is 5.41 Å². The molecule has 0 bridgehead atoms. The van der Waals surface area contributed by atoms with Gasteiger partial charge in [0.25, 0.3) is 0 Å². The van der Waals surface area contributed by atoms with Crippen LogP contribution in [0.2, 0.25) is 0 Å². The Hall–Kier alpha value is -0.0400. The van der Waals surface area contributed by atoms with E-state index in [4.69, 9.17) is 0 Å². The van der Waals surface area contributed by atoms with E-state index in [9.17, 15) is 0 Å². The normalized spacial score (nSPS) is 13.1. The molecule has 0 radical (unpaired) electrons. The van der Waals surface area contributed by atoms with Crippen molar-refractivity contribution in [3.8, 4) is 0 Å². The molecule has 0 spiro atoms. The highest BCUT2D eigenvalue weighted by Crippen LogP contribution is 2.24. The fraction of sp³-hybridized carbons (Fsp3) is 1.00. The van der Waals surface area contributed by atoms with E-state index in [0.29, 0.717) is 5.41 Å². The predicted octanol–water partition coefficient (Wildman–Crippen LogP) is 4.76. The van der Waals surface area contributed by atoms with Gasteiger partial charge in [0, 0.05) is 12.1 Å². The lowest BCUT2D eigenvalue weighted by Crippen LogP contribution is -2.41. The van der Waals surface area contributed by atoms with Crippen LogP contribution >= 0.6 is 0 Å². The van der Waals surface area contributed by atoms with Crippen molar-refractivity contribution < 1.29 is 0 Å². The van der Waals surface area contributed by atoms with Crippen molar-refractivity contribution in [2.75, 3.05) is 6.54 Å². The maximum absolute atomic E-state index is 3.61. The van der Waals surface area contributed by atoms with Crippen molar-refractivity contribution in [1.29, 1.82) is 0 Å². The SMILES string of the molecule is CCCCCCCC(C)(C)CNC(C)(C)C. The molecule has 16 heavy (non-hydrogen) atoms. The van der Waals surface area contributed by atoms with Crippen LogP contribution < -0.4 is 5.32 Å². The van der Waals surface area contributed by atoms with Crippen LogP contribution in [0.1, 0.15) is 80.1 Å². The molecule has 0 fully saturated rings. The van der Waals surface area contributed by atoms with Gasteiger partial charge in [0.15, 0.2) is 0 Å². The zero-order valence-corrected chi connectivity index (χ0v) is 12.4. The molecule has 0 aromatic rings. The Morgan fingerprint density at radius 2 is 1.38 bits per heavy atom. The summed E-state index contributed by atoms with van der Waals surface area (Å²) in [4.78, 5) is 0. The summed E-state index contributed by atoms with van der Waals surface area (Å²) in [6, 6.07) is 0. The third kappa shape index (κ3) is 10.5. The third-order valence-electron chi connectivity index (χ3n) is 3.05. The standard InChI is InChI=1S/C15H33N/c1-7-8-9-10-11-12-15(5,6)13-16-14(2,3)4/h16H,7-13H2,1-6H3. The minimum Gasteiger partial charge on any atom is -0.312 e. The molecule has 0 unspecified atom stereocenters. The molecule has 0 aromatic heterocycles.